The molecule has 0 N–H and O–H groups in total. The van der Waals surface area contributed by atoms with Crippen LogP contribution in [0.3, 0.4) is 0 Å². The Morgan fingerprint density at radius 3 is 2.57 bits per heavy atom. The smallest absolute Gasteiger partial charge is 0.269 e. The van der Waals surface area contributed by atoms with Crippen molar-refractivity contribution in [3.8, 4) is 0 Å². The average molecular weight is 383 g/mol. The molecule has 1 aliphatic heterocycles. The first-order chi connectivity index (χ1) is 13.5. The highest BCUT2D eigenvalue weighted by Crippen LogP contribution is 2.35. The topological polar surface area (TPSA) is 51.3 Å². The second kappa shape index (κ2) is 7.52. The van der Waals surface area contributed by atoms with Gasteiger partial charge in [-0.1, -0.05) is 24.3 Å². The summed E-state index contributed by atoms with van der Waals surface area (Å²) in [5.74, 6) is -1.70. The van der Waals surface area contributed by atoms with E-state index in [1.165, 1.54) is 18.2 Å². The van der Waals surface area contributed by atoms with E-state index in [4.69, 9.17) is 0 Å². The molecule has 0 aliphatic carbocycles. The molecule has 0 fully saturated rings. The van der Waals surface area contributed by atoms with E-state index in [1.54, 1.807) is 18.2 Å². The van der Waals surface area contributed by atoms with E-state index in [9.17, 15) is 18.9 Å². The molecule has 28 heavy (non-hydrogen) atoms. The third kappa shape index (κ3) is 3.41. The van der Waals surface area contributed by atoms with Crippen molar-refractivity contribution < 1.29 is 13.7 Å². The zero-order valence-corrected chi connectivity index (χ0v) is 15.1. The van der Waals surface area contributed by atoms with Crippen LogP contribution >= 0.6 is 0 Å². The molecule has 1 atom stereocenters. The van der Waals surface area contributed by atoms with Gasteiger partial charge in [0.1, 0.15) is 0 Å². The molecule has 0 saturated heterocycles. The average Bonchev–Trinajstić information content (AvgIpc) is 3.07. The summed E-state index contributed by atoms with van der Waals surface area (Å²) in [6.45, 7) is 1.97. The van der Waals surface area contributed by atoms with Crippen molar-refractivity contribution in [1.29, 1.82) is 0 Å². The van der Waals surface area contributed by atoms with Crippen LogP contribution in [0, 0.1) is 21.7 Å². The van der Waals surface area contributed by atoms with Crippen molar-refractivity contribution in [3.05, 3.63) is 99.4 Å². The Morgan fingerprint density at radius 1 is 1.04 bits per heavy atom. The normalized spacial score (nSPS) is 17.1. The number of hydrogen-bond acceptors (Lipinski definition) is 3. The van der Waals surface area contributed by atoms with E-state index in [2.05, 4.69) is 9.47 Å². The van der Waals surface area contributed by atoms with Gasteiger partial charge < -0.3 is 4.57 Å². The summed E-state index contributed by atoms with van der Waals surface area (Å²) in [5, 5.41) is 10.9. The summed E-state index contributed by atoms with van der Waals surface area (Å²) < 4.78 is 30.7. The number of aromatic nitrogens is 1. The van der Waals surface area contributed by atoms with Crippen LogP contribution in [-0.4, -0.2) is 20.9 Å². The molecule has 0 radical (unpaired) electrons. The van der Waals surface area contributed by atoms with Gasteiger partial charge in [-0.25, -0.2) is 8.78 Å². The molecule has 1 aromatic heterocycles. The second-order valence-electron chi connectivity index (χ2n) is 6.92. The van der Waals surface area contributed by atoms with Gasteiger partial charge in [-0.15, -0.1) is 0 Å². The first-order valence-electron chi connectivity index (χ1n) is 9.11. The zero-order chi connectivity index (χ0) is 19.7. The molecular formula is C21H19F2N3O2. The van der Waals surface area contributed by atoms with Crippen LogP contribution in [0.25, 0.3) is 0 Å². The fourth-order valence-electron chi connectivity index (χ4n) is 3.86. The van der Waals surface area contributed by atoms with Gasteiger partial charge in [-0.3, -0.25) is 15.0 Å². The highest BCUT2D eigenvalue weighted by atomic mass is 19.2. The summed E-state index contributed by atoms with van der Waals surface area (Å²) in [7, 11) is 0. The molecule has 2 heterocycles. The standard InChI is InChI=1S/C21H19F2N3O2/c22-18-5-1-4-17(20(18)23)21-19-6-2-11-24(19)12-3-13-25(21)14-15-7-9-16(10-8-15)26(27)28/h1-2,4-11,21H,3,12-14H2. The largest absolute Gasteiger partial charge is 0.350 e. The summed E-state index contributed by atoms with van der Waals surface area (Å²) >= 11 is 0. The summed E-state index contributed by atoms with van der Waals surface area (Å²) in [6.07, 6.45) is 2.82. The lowest BCUT2D eigenvalue weighted by Gasteiger charge is -2.31. The van der Waals surface area contributed by atoms with Crippen molar-refractivity contribution in [2.24, 2.45) is 0 Å². The van der Waals surface area contributed by atoms with Crippen LogP contribution in [0.5, 0.6) is 0 Å². The van der Waals surface area contributed by atoms with Gasteiger partial charge in [0, 0.05) is 49.2 Å². The Hall–Kier alpha value is -3.06. The number of benzene rings is 2. The highest BCUT2D eigenvalue weighted by molar-refractivity contribution is 5.34. The van der Waals surface area contributed by atoms with E-state index in [0.717, 1.165) is 30.3 Å². The van der Waals surface area contributed by atoms with Crippen molar-refractivity contribution in [2.45, 2.75) is 25.6 Å². The number of nitro groups is 1. The molecule has 0 amide bonds. The quantitative estimate of drug-likeness (QED) is 0.486. The molecule has 1 unspecified atom stereocenters. The fraction of sp³-hybridized carbons (Fsp3) is 0.238. The first-order valence-corrected chi connectivity index (χ1v) is 9.11. The number of fused-ring (bicyclic) bond motifs is 1. The molecule has 3 aromatic rings. The molecule has 1 aliphatic rings. The summed E-state index contributed by atoms with van der Waals surface area (Å²) in [5.41, 5.74) is 2.11. The van der Waals surface area contributed by atoms with E-state index in [1.807, 2.05) is 18.3 Å². The number of halogens is 2. The number of rotatable bonds is 4. The highest BCUT2D eigenvalue weighted by Gasteiger charge is 2.30. The molecule has 0 bridgehead atoms. The molecule has 7 heteroatoms. The lowest BCUT2D eigenvalue weighted by Crippen LogP contribution is -2.30. The third-order valence-electron chi connectivity index (χ3n) is 5.16. The maximum absolute atomic E-state index is 14.7. The maximum Gasteiger partial charge on any atom is 0.269 e. The SMILES string of the molecule is O=[N+]([O-])c1ccc(CN2CCCn3cccc3C2c2cccc(F)c2F)cc1. The molecule has 2 aromatic carbocycles. The monoisotopic (exact) mass is 383 g/mol. The second-order valence-corrected chi connectivity index (χ2v) is 6.92. The summed E-state index contributed by atoms with van der Waals surface area (Å²) in [4.78, 5) is 12.5. The Bertz CT molecular complexity index is 1000. The molecule has 4 rings (SSSR count). The van der Waals surface area contributed by atoms with Crippen molar-refractivity contribution in [2.75, 3.05) is 6.54 Å². The van der Waals surface area contributed by atoms with Crippen LogP contribution in [0.2, 0.25) is 0 Å². The van der Waals surface area contributed by atoms with E-state index in [0.29, 0.717) is 18.7 Å². The van der Waals surface area contributed by atoms with Gasteiger partial charge in [0.15, 0.2) is 11.6 Å². The van der Waals surface area contributed by atoms with Gasteiger partial charge in [-0.2, -0.15) is 0 Å². The van der Waals surface area contributed by atoms with Crippen molar-refractivity contribution >= 4 is 5.69 Å². The fourth-order valence-corrected chi connectivity index (χ4v) is 3.86. The van der Waals surface area contributed by atoms with Gasteiger partial charge in [0.05, 0.1) is 11.0 Å². The van der Waals surface area contributed by atoms with Crippen LogP contribution in [-0.2, 0) is 13.1 Å². The minimum absolute atomic E-state index is 0.0289. The predicted octanol–water partition coefficient (Wildman–Crippen LogP) is 4.67. The van der Waals surface area contributed by atoms with Gasteiger partial charge in [0.2, 0.25) is 0 Å². The van der Waals surface area contributed by atoms with Crippen LogP contribution in [0.15, 0.2) is 60.8 Å². The Balaban J connectivity index is 1.73. The van der Waals surface area contributed by atoms with Gasteiger partial charge in [0.25, 0.3) is 5.69 Å². The van der Waals surface area contributed by atoms with Crippen LogP contribution < -0.4 is 0 Å². The molecule has 144 valence electrons. The zero-order valence-electron chi connectivity index (χ0n) is 15.1. The Labute approximate surface area is 161 Å². The molecular weight excluding hydrogens is 364 g/mol. The Morgan fingerprint density at radius 2 is 1.82 bits per heavy atom. The van der Waals surface area contributed by atoms with Crippen molar-refractivity contribution in [1.82, 2.24) is 9.47 Å². The minimum atomic E-state index is -0.866. The van der Waals surface area contributed by atoms with E-state index < -0.39 is 22.6 Å². The van der Waals surface area contributed by atoms with Crippen molar-refractivity contribution in [3.63, 3.8) is 0 Å². The number of aryl methyl sites for hydroxylation is 1. The molecule has 5 nitrogen and oxygen atoms in total. The number of hydrogen-bond donors (Lipinski definition) is 0. The number of nitro benzene ring substituents is 1. The number of nitrogens with zero attached hydrogens (tertiary/aromatic N) is 3. The molecule has 0 saturated carbocycles. The minimum Gasteiger partial charge on any atom is -0.350 e. The van der Waals surface area contributed by atoms with E-state index >= 15 is 0 Å². The lowest BCUT2D eigenvalue weighted by molar-refractivity contribution is -0.384. The van der Waals surface area contributed by atoms with Crippen LogP contribution in [0.4, 0.5) is 14.5 Å². The maximum atomic E-state index is 14.7. The van der Waals surface area contributed by atoms with Gasteiger partial charge >= 0.3 is 0 Å². The number of non-ortho nitro benzene ring substituents is 1. The molecule has 0 spiro atoms. The Kier molecular flexibility index (Phi) is 4.92. The van der Waals surface area contributed by atoms with E-state index in [-0.39, 0.29) is 5.69 Å². The summed E-state index contributed by atoms with van der Waals surface area (Å²) in [6, 6.07) is 14.0. The predicted molar refractivity (Wildman–Crippen MR) is 101 cm³/mol. The van der Waals surface area contributed by atoms with Crippen LogP contribution in [0.1, 0.15) is 29.3 Å². The van der Waals surface area contributed by atoms with Gasteiger partial charge in [-0.05, 0) is 30.2 Å². The third-order valence-corrected chi connectivity index (χ3v) is 5.16. The first kappa shape index (κ1) is 18.3. The lowest BCUT2D eigenvalue weighted by atomic mass is 10.00.